The second-order valence-electron chi connectivity index (χ2n) is 7.25. The molecule has 4 rings (SSSR count). The Morgan fingerprint density at radius 3 is 2.67 bits per heavy atom. The van der Waals surface area contributed by atoms with Gasteiger partial charge in [0.15, 0.2) is 0 Å². The molecule has 146 valence electrons. The molecule has 0 aliphatic carbocycles. The maximum absolute atomic E-state index is 13.1. The van der Waals surface area contributed by atoms with Crippen LogP contribution in [0, 0.1) is 0 Å². The fraction of sp³-hybridized carbons (Fsp3) is 0.579. The normalized spacial score (nSPS) is 23.6. The molecule has 8 nitrogen and oxygen atoms in total. The quantitative estimate of drug-likeness (QED) is 0.796. The minimum absolute atomic E-state index is 0.0242. The molecule has 1 aromatic rings. The number of carbonyl (C=O) groups is 2. The lowest BCUT2D eigenvalue weighted by molar-refractivity contribution is 0.0773. The lowest BCUT2D eigenvalue weighted by atomic mass is 10.1. The molecule has 3 amide bonds. The summed E-state index contributed by atoms with van der Waals surface area (Å²) in [5.41, 5.74) is 1.25. The molecule has 3 fully saturated rings. The van der Waals surface area contributed by atoms with Crippen LogP contribution in [0.1, 0.15) is 16.8 Å². The molecule has 0 aromatic heterocycles. The highest BCUT2D eigenvalue weighted by Gasteiger charge is 2.32. The fourth-order valence-corrected chi connectivity index (χ4v) is 4.19. The number of benzene rings is 1. The molecular formula is C19H27N5O3. The molecule has 27 heavy (non-hydrogen) atoms. The summed E-state index contributed by atoms with van der Waals surface area (Å²) in [5, 5.41) is 6.16. The van der Waals surface area contributed by atoms with E-state index >= 15 is 0 Å². The zero-order valence-electron chi connectivity index (χ0n) is 15.7. The Kier molecular flexibility index (Phi) is 5.18. The van der Waals surface area contributed by atoms with E-state index < -0.39 is 0 Å². The van der Waals surface area contributed by atoms with E-state index in [4.69, 9.17) is 4.74 Å². The van der Waals surface area contributed by atoms with E-state index in [2.05, 4.69) is 15.5 Å². The minimum atomic E-state index is -0.155. The highest BCUT2D eigenvalue weighted by atomic mass is 16.5. The van der Waals surface area contributed by atoms with Crippen LogP contribution < -0.4 is 20.3 Å². The molecule has 2 N–H and O–H groups in total. The molecule has 1 atom stereocenters. The number of urea groups is 1. The number of hydrogen-bond donors (Lipinski definition) is 2. The number of likely N-dealkylation sites (tertiary alicyclic amines) is 1. The Morgan fingerprint density at radius 2 is 1.96 bits per heavy atom. The molecule has 3 heterocycles. The number of nitrogens with one attached hydrogen (secondary N) is 2. The maximum atomic E-state index is 13.1. The number of ether oxygens (including phenoxy) is 1. The highest BCUT2D eigenvalue weighted by molar-refractivity contribution is 6.00. The summed E-state index contributed by atoms with van der Waals surface area (Å²) in [6.07, 6.45) is 1.02. The van der Waals surface area contributed by atoms with Gasteiger partial charge < -0.3 is 20.3 Å². The van der Waals surface area contributed by atoms with Crippen LogP contribution >= 0.6 is 0 Å². The largest absolute Gasteiger partial charge is 0.495 e. The summed E-state index contributed by atoms with van der Waals surface area (Å²) >= 11 is 0. The Morgan fingerprint density at radius 1 is 1.15 bits per heavy atom. The molecular weight excluding hydrogens is 346 g/mol. The third-order valence-electron chi connectivity index (χ3n) is 5.69. The molecule has 0 saturated carbocycles. The van der Waals surface area contributed by atoms with Crippen LogP contribution in [0.25, 0.3) is 0 Å². The fourth-order valence-electron chi connectivity index (χ4n) is 4.19. The third-order valence-corrected chi connectivity index (χ3v) is 5.69. The molecule has 1 aromatic carbocycles. The summed E-state index contributed by atoms with van der Waals surface area (Å²) in [6, 6.07) is 5.63. The first-order valence-electron chi connectivity index (χ1n) is 9.65. The predicted octanol–water partition coefficient (Wildman–Crippen LogP) is 0.345. The van der Waals surface area contributed by atoms with Crippen molar-refractivity contribution in [1.82, 2.24) is 20.4 Å². The standard InChI is InChI=1S/C19H27N5O3/c1-27-17-3-2-14(12-16(17)24-11-7-21-19(24)26)18(25)23-8-4-15(13-23)22-9-5-20-6-10-22/h2-3,12,15,20H,4-11,13H2,1H3,(H,21,26). The lowest BCUT2D eigenvalue weighted by Crippen LogP contribution is -2.49. The first-order chi connectivity index (χ1) is 13.2. The van der Waals surface area contributed by atoms with Gasteiger partial charge in [0, 0.05) is 64.0 Å². The summed E-state index contributed by atoms with van der Waals surface area (Å²) in [5.74, 6) is 0.625. The molecule has 1 unspecified atom stereocenters. The topological polar surface area (TPSA) is 77.2 Å². The molecule has 0 spiro atoms. The maximum Gasteiger partial charge on any atom is 0.322 e. The predicted molar refractivity (Wildman–Crippen MR) is 102 cm³/mol. The van der Waals surface area contributed by atoms with Crippen molar-refractivity contribution in [2.45, 2.75) is 12.5 Å². The zero-order chi connectivity index (χ0) is 18.8. The lowest BCUT2D eigenvalue weighted by Gasteiger charge is -2.32. The molecule has 3 aliphatic heterocycles. The number of hydrogen-bond acceptors (Lipinski definition) is 5. The van der Waals surface area contributed by atoms with Gasteiger partial charge in [-0.15, -0.1) is 0 Å². The van der Waals surface area contributed by atoms with E-state index in [9.17, 15) is 9.59 Å². The van der Waals surface area contributed by atoms with Gasteiger partial charge in [0.2, 0.25) is 0 Å². The Bertz CT molecular complexity index is 719. The van der Waals surface area contributed by atoms with Crippen molar-refractivity contribution in [1.29, 1.82) is 0 Å². The van der Waals surface area contributed by atoms with Crippen molar-refractivity contribution < 1.29 is 14.3 Å². The molecule has 3 aliphatic rings. The Labute approximate surface area is 159 Å². The van der Waals surface area contributed by atoms with Crippen molar-refractivity contribution in [2.24, 2.45) is 0 Å². The van der Waals surface area contributed by atoms with Crippen molar-refractivity contribution in [3.05, 3.63) is 23.8 Å². The second-order valence-corrected chi connectivity index (χ2v) is 7.25. The van der Waals surface area contributed by atoms with E-state index in [-0.39, 0.29) is 11.9 Å². The van der Waals surface area contributed by atoms with Gasteiger partial charge in [-0.05, 0) is 24.6 Å². The number of nitrogens with zero attached hydrogens (tertiary/aromatic N) is 3. The van der Waals surface area contributed by atoms with E-state index in [0.29, 0.717) is 36.1 Å². The van der Waals surface area contributed by atoms with E-state index in [1.165, 1.54) is 0 Å². The van der Waals surface area contributed by atoms with Crippen LogP contribution in [0.5, 0.6) is 5.75 Å². The van der Waals surface area contributed by atoms with Crippen LogP contribution in [-0.2, 0) is 0 Å². The van der Waals surface area contributed by atoms with Crippen LogP contribution in [0.2, 0.25) is 0 Å². The molecule has 0 radical (unpaired) electrons. The summed E-state index contributed by atoms with van der Waals surface area (Å²) in [6.45, 7) is 6.84. The SMILES string of the molecule is COc1ccc(C(=O)N2CCC(N3CCNCC3)C2)cc1N1CCNC1=O. The van der Waals surface area contributed by atoms with E-state index in [0.717, 1.165) is 45.7 Å². The van der Waals surface area contributed by atoms with Gasteiger partial charge >= 0.3 is 6.03 Å². The zero-order valence-corrected chi connectivity index (χ0v) is 15.7. The van der Waals surface area contributed by atoms with Gasteiger partial charge in [0.1, 0.15) is 5.75 Å². The smallest absolute Gasteiger partial charge is 0.322 e. The van der Waals surface area contributed by atoms with Gasteiger partial charge in [-0.25, -0.2) is 4.79 Å². The van der Waals surface area contributed by atoms with Gasteiger partial charge in [-0.3, -0.25) is 14.6 Å². The van der Waals surface area contributed by atoms with E-state index in [1.54, 1.807) is 30.2 Å². The van der Waals surface area contributed by atoms with Crippen molar-refractivity contribution >= 4 is 17.6 Å². The van der Waals surface area contributed by atoms with Crippen LogP contribution in [0.3, 0.4) is 0 Å². The third kappa shape index (κ3) is 3.59. The molecule has 3 saturated heterocycles. The second kappa shape index (κ2) is 7.74. The molecule has 0 bridgehead atoms. The van der Waals surface area contributed by atoms with Crippen molar-refractivity contribution in [3.8, 4) is 5.75 Å². The van der Waals surface area contributed by atoms with Crippen LogP contribution in [0.4, 0.5) is 10.5 Å². The Hall–Kier alpha value is -2.32. The average molecular weight is 373 g/mol. The summed E-state index contributed by atoms with van der Waals surface area (Å²) in [7, 11) is 1.58. The van der Waals surface area contributed by atoms with E-state index in [1.807, 2.05) is 4.90 Å². The monoisotopic (exact) mass is 373 g/mol. The van der Waals surface area contributed by atoms with Gasteiger partial charge in [0.25, 0.3) is 5.91 Å². The van der Waals surface area contributed by atoms with Gasteiger partial charge in [0.05, 0.1) is 12.8 Å². The first kappa shape index (κ1) is 18.1. The first-order valence-corrected chi connectivity index (χ1v) is 9.65. The highest BCUT2D eigenvalue weighted by Crippen LogP contribution is 2.31. The van der Waals surface area contributed by atoms with Gasteiger partial charge in [-0.1, -0.05) is 0 Å². The number of piperazine rings is 1. The van der Waals surface area contributed by atoms with Gasteiger partial charge in [-0.2, -0.15) is 0 Å². The Balaban J connectivity index is 1.49. The van der Waals surface area contributed by atoms with Crippen molar-refractivity contribution in [2.75, 3.05) is 64.4 Å². The number of amides is 3. The number of carbonyl (C=O) groups excluding carboxylic acids is 2. The minimum Gasteiger partial charge on any atom is -0.495 e. The van der Waals surface area contributed by atoms with Crippen LogP contribution in [0.15, 0.2) is 18.2 Å². The molecule has 8 heteroatoms. The number of anilines is 1. The summed E-state index contributed by atoms with van der Waals surface area (Å²) < 4.78 is 5.40. The number of methoxy groups -OCH3 is 1. The number of rotatable bonds is 4. The average Bonchev–Trinajstić information content (AvgIpc) is 3.37. The van der Waals surface area contributed by atoms with Crippen LogP contribution in [-0.4, -0.2) is 87.2 Å². The summed E-state index contributed by atoms with van der Waals surface area (Å²) in [4.78, 5) is 31.2. The van der Waals surface area contributed by atoms with Crippen molar-refractivity contribution in [3.63, 3.8) is 0 Å².